The second-order valence-electron chi connectivity index (χ2n) is 6.10. The van der Waals surface area contributed by atoms with Gasteiger partial charge in [-0.25, -0.2) is 0 Å². The molecular weight excluding hydrogens is 276 g/mol. The first-order valence-corrected chi connectivity index (χ1v) is 7.86. The molecule has 2 aromatic rings. The van der Waals surface area contributed by atoms with Gasteiger partial charge in [-0.2, -0.15) is 5.10 Å². The average molecular weight is 298 g/mol. The van der Waals surface area contributed by atoms with Gasteiger partial charge in [0.25, 0.3) is 0 Å². The maximum absolute atomic E-state index is 12.4. The van der Waals surface area contributed by atoms with Gasteiger partial charge in [0.2, 0.25) is 5.43 Å². The van der Waals surface area contributed by atoms with E-state index in [1.54, 1.807) is 6.92 Å². The molecule has 0 spiro atoms. The molecule has 0 N–H and O–H groups in total. The second kappa shape index (κ2) is 6.44. The van der Waals surface area contributed by atoms with Crippen LogP contribution in [0.1, 0.15) is 24.1 Å². The summed E-state index contributed by atoms with van der Waals surface area (Å²) in [5.41, 5.74) is 3.47. The molecule has 1 aliphatic heterocycles. The number of aryl methyl sites for hydroxylation is 2. The Balaban J connectivity index is 1.92. The van der Waals surface area contributed by atoms with Crippen LogP contribution in [-0.2, 0) is 11.3 Å². The van der Waals surface area contributed by atoms with Gasteiger partial charge in [0, 0.05) is 31.5 Å². The molecule has 1 aromatic heterocycles. The predicted molar refractivity (Wildman–Crippen MR) is 87.0 cm³/mol. The quantitative estimate of drug-likeness (QED) is 0.875. The lowest BCUT2D eigenvalue weighted by atomic mass is 10.0. The molecule has 3 rings (SSSR count). The van der Waals surface area contributed by atoms with E-state index in [-0.39, 0.29) is 5.43 Å². The summed E-state index contributed by atoms with van der Waals surface area (Å²) < 4.78 is 7.34. The maximum Gasteiger partial charge on any atom is 0.210 e. The smallest absolute Gasteiger partial charge is 0.210 e. The average Bonchev–Trinajstić information content (AvgIpc) is 2.53. The minimum absolute atomic E-state index is 0.0204. The fraction of sp³-hybridized carbons (Fsp3) is 0.444. The SMILES string of the molecule is Cc1ccc(-c2cn(CC3CCOCC3)nc(C)c2=O)cc1. The van der Waals surface area contributed by atoms with Gasteiger partial charge in [-0.15, -0.1) is 0 Å². The first-order chi connectivity index (χ1) is 10.6. The van der Waals surface area contributed by atoms with Crippen LogP contribution in [0.2, 0.25) is 0 Å². The van der Waals surface area contributed by atoms with E-state index in [0.29, 0.717) is 11.6 Å². The van der Waals surface area contributed by atoms with Crippen LogP contribution in [-0.4, -0.2) is 23.0 Å². The molecule has 1 saturated heterocycles. The Morgan fingerprint density at radius 1 is 1.18 bits per heavy atom. The van der Waals surface area contributed by atoms with Gasteiger partial charge in [-0.3, -0.25) is 9.48 Å². The van der Waals surface area contributed by atoms with Crippen LogP contribution >= 0.6 is 0 Å². The number of hydrogen-bond acceptors (Lipinski definition) is 3. The fourth-order valence-electron chi connectivity index (χ4n) is 2.90. The third kappa shape index (κ3) is 3.28. The van der Waals surface area contributed by atoms with Crippen molar-refractivity contribution < 1.29 is 4.74 Å². The Bertz CT molecular complexity index is 698. The second-order valence-corrected chi connectivity index (χ2v) is 6.10. The normalized spacial score (nSPS) is 15.9. The van der Waals surface area contributed by atoms with Crippen LogP contribution in [0.5, 0.6) is 0 Å². The van der Waals surface area contributed by atoms with Crippen LogP contribution in [0.25, 0.3) is 11.1 Å². The molecule has 0 bridgehead atoms. The van der Waals surface area contributed by atoms with Crippen molar-refractivity contribution in [2.24, 2.45) is 5.92 Å². The predicted octanol–water partition coefficient (Wildman–Crippen LogP) is 2.95. The van der Waals surface area contributed by atoms with Crippen molar-refractivity contribution in [2.45, 2.75) is 33.2 Å². The molecule has 0 amide bonds. The Labute approximate surface area is 130 Å². The molecule has 1 aromatic carbocycles. The zero-order valence-corrected chi connectivity index (χ0v) is 13.2. The minimum Gasteiger partial charge on any atom is -0.381 e. The van der Waals surface area contributed by atoms with E-state index in [1.165, 1.54) is 5.56 Å². The van der Waals surface area contributed by atoms with Crippen LogP contribution in [0.15, 0.2) is 35.3 Å². The Morgan fingerprint density at radius 2 is 1.86 bits per heavy atom. The Hall–Kier alpha value is -1.94. The minimum atomic E-state index is 0.0204. The van der Waals surface area contributed by atoms with E-state index >= 15 is 0 Å². The summed E-state index contributed by atoms with van der Waals surface area (Å²) in [7, 11) is 0. The standard InChI is InChI=1S/C18H22N2O2/c1-13-3-5-16(6-4-13)17-12-20(19-14(2)18(17)21)11-15-7-9-22-10-8-15/h3-6,12,15H,7-11H2,1-2H3. The Morgan fingerprint density at radius 3 is 2.55 bits per heavy atom. The number of benzene rings is 1. The Kier molecular flexibility index (Phi) is 4.39. The van der Waals surface area contributed by atoms with Crippen molar-refractivity contribution in [3.63, 3.8) is 0 Å². The van der Waals surface area contributed by atoms with Gasteiger partial charge >= 0.3 is 0 Å². The first kappa shape index (κ1) is 15.0. The molecular formula is C18H22N2O2. The van der Waals surface area contributed by atoms with E-state index in [2.05, 4.69) is 5.10 Å². The van der Waals surface area contributed by atoms with Crippen molar-refractivity contribution in [1.82, 2.24) is 9.78 Å². The van der Waals surface area contributed by atoms with Gasteiger partial charge in [0.15, 0.2) is 0 Å². The number of rotatable bonds is 3. The molecule has 2 heterocycles. The summed E-state index contributed by atoms with van der Waals surface area (Å²) in [6.07, 6.45) is 4.02. The first-order valence-electron chi connectivity index (χ1n) is 7.86. The monoisotopic (exact) mass is 298 g/mol. The summed E-state index contributed by atoms with van der Waals surface area (Å²) in [5, 5.41) is 4.43. The number of hydrogen-bond donors (Lipinski definition) is 0. The molecule has 1 fully saturated rings. The van der Waals surface area contributed by atoms with E-state index in [4.69, 9.17) is 4.74 Å². The van der Waals surface area contributed by atoms with Crippen LogP contribution in [0, 0.1) is 19.8 Å². The summed E-state index contributed by atoms with van der Waals surface area (Å²) in [4.78, 5) is 12.4. The van der Waals surface area contributed by atoms with E-state index < -0.39 is 0 Å². The molecule has 4 heteroatoms. The van der Waals surface area contributed by atoms with Crippen molar-refractivity contribution in [2.75, 3.05) is 13.2 Å². The maximum atomic E-state index is 12.4. The number of aromatic nitrogens is 2. The van der Waals surface area contributed by atoms with E-state index in [1.807, 2.05) is 42.1 Å². The molecule has 0 saturated carbocycles. The molecule has 4 nitrogen and oxygen atoms in total. The van der Waals surface area contributed by atoms with Gasteiger partial charge in [-0.1, -0.05) is 29.8 Å². The zero-order valence-electron chi connectivity index (χ0n) is 13.2. The lowest BCUT2D eigenvalue weighted by Crippen LogP contribution is -2.24. The largest absolute Gasteiger partial charge is 0.381 e. The summed E-state index contributed by atoms with van der Waals surface area (Å²) >= 11 is 0. The molecule has 1 aliphatic rings. The highest BCUT2D eigenvalue weighted by atomic mass is 16.5. The van der Waals surface area contributed by atoms with Crippen molar-refractivity contribution in [3.05, 3.63) is 51.9 Å². The van der Waals surface area contributed by atoms with Crippen LogP contribution < -0.4 is 5.43 Å². The fourth-order valence-corrected chi connectivity index (χ4v) is 2.90. The summed E-state index contributed by atoms with van der Waals surface area (Å²) in [5.74, 6) is 0.578. The van der Waals surface area contributed by atoms with Gasteiger partial charge in [0.05, 0.1) is 0 Å². The van der Waals surface area contributed by atoms with E-state index in [0.717, 1.165) is 43.7 Å². The van der Waals surface area contributed by atoms with Crippen LogP contribution in [0.3, 0.4) is 0 Å². The molecule has 0 atom stereocenters. The highest BCUT2D eigenvalue weighted by Crippen LogP contribution is 2.19. The van der Waals surface area contributed by atoms with Crippen molar-refractivity contribution >= 4 is 0 Å². The topological polar surface area (TPSA) is 44.1 Å². The molecule has 0 radical (unpaired) electrons. The molecule has 116 valence electrons. The molecule has 22 heavy (non-hydrogen) atoms. The zero-order chi connectivity index (χ0) is 15.5. The third-order valence-corrected chi connectivity index (χ3v) is 4.28. The van der Waals surface area contributed by atoms with Gasteiger partial charge in [-0.05, 0) is 38.2 Å². The highest BCUT2D eigenvalue weighted by molar-refractivity contribution is 5.62. The third-order valence-electron chi connectivity index (χ3n) is 4.28. The number of ether oxygens (including phenoxy) is 1. The van der Waals surface area contributed by atoms with Crippen LogP contribution in [0.4, 0.5) is 0 Å². The van der Waals surface area contributed by atoms with Gasteiger partial charge in [0.1, 0.15) is 5.69 Å². The van der Waals surface area contributed by atoms with Gasteiger partial charge < -0.3 is 4.74 Å². The lowest BCUT2D eigenvalue weighted by Gasteiger charge is -2.22. The lowest BCUT2D eigenvalue weighted by molar-refractivity contribution is 0.0599. The molecule has 0 unspecified atom stereocenters. The van der Waals surface area contributed by atoms with Crippen molar-refractivity contribution in [3.8, 4) is 11.1 Å². The highest BCUT2D eigenvalue weighted by Gasteiger charge is 2.16. The summed E-state index contributed by atoms with van der Waals surface area (Å²) in [6.45, 7) is 6.35. The number of nitrogens with zero attached hydrogens (tertiary/aromatic N) is 2. The van der Waals surface area contributed by atoms with E-state index in [9.17, 15) is 4.79 Å². The van der Waals surface area contributed by atoms with Crippen molar-refractivity contribution in [1.29, 1.82) is 0 Å². The molecule has 0 aliphatic carbocycles. The summed E-state index contributed by atoms with van der Waals surface area (Å²) in [6, 6.07) is 8.08.